The Bertz CT molecular complexity index is 538. The van der Waals surface area contributed by atoms with E-state index in [1.807, 2.05) is 36.0 Å². The van der Waals surface area contributed by atoms with Crippen molar-refractivity contribution in [2.45, 2.75) is 6.10 Å². The van der Waals surface area contributed by atoms with Gasteiger partial charge in [-0.1, -0.05) is 11.2 Å². The number of ether oxygens (including phenoxy) is 1. The van der Waals surface area contributed by atoms with Crippen molar-refractivity contribution >= 4 is 17.4 Å². The summed E-state index contributed by atoms with van der Waals surface area (Å²) in [5.41, 5.74) is 7.24. The molecule has 18 heavy (non-hydrogen) atoms. The highest BCUT2D eigenvalue weighted by molar-refractivity contribution is 7.99. The summed E-state index contributed by atoms with van der Waals surface area (Å²) in [6, 6.07) is 7.39. The van der Waals surface area contributed by atoms with E-state index >= 15 is 0 Å². The average molecular weight is 263 g/mol. The number of nitrogens with zero attached hydrogens (tertiary/aromatic N) is 2. The van der Waals surface area contributed by atoms with E-state index in [0.29, 0.717) is 17.4 Å². The van der Waals surface area contributed by atoms with Crippen LogP contribution in [-0.4, -0.2) is 28.3 Å². The normalized spacial score (nSPS) is 19.9. The fourth-order valence-electron chi connectivity index (χ4n) is 1.79. The van der Waals surface area contributed by atoms with Gasteiger partial charge in [0.15, 0.2) is 0 Å². The van der Waals surface area contributed by atoms with Crippen molar-refractivity contribution in [1.29, 1.82) is 0 Å². The minimum atomic E-state index is -0.0673. The van der Waals surface area contributed by atoms with E-state index < -0.39 is 0 Å². The number of benzene rings is 1. The minimum Gasteiger partial charge on any atom is -0.399 e. The Hall–Kier alpha value is -1.53. The van der Waals surface area contributed by atoms with E-state index in [4.69, 9.17) is 15.0 Å². The number of aromatic nitrogens is 2. The molecule has 1 aliphatic heterocycles. The van der Waals surface area contributed by atoms with Gasteiger partial charge in [-0.15, -0.1) is 0 Å². The maximum atomic E-state index is 5.73. The summed E-state index contributed by atoms with van der Waals surface area (Å²) < 4.78 is 10.9. The van der Waals surface area contributed by atoms with E-state index in [2.05, 4.69) is 10.1 Å². The lowest BCUT2D eigenvalue weighted by atomic mass is 10.2. The second kappa shape index (κ2) is 4.99. The molecule has 2 heterocycles. The second-order valence-electron chi connectivity index (χ2n) is 4.02. The summed E-state index contributed by atoms with van der Waals surface area (Å²) in [7, 11) is 0. The molecule has 2 aromatic rings. The van der Waals surface area contributed by atoms with Crippen molar-refractivity contribution in [3.05, 3.63) is 30.1 Å². The lowest BCUT2D eigenvalue weighted by Gasteiger charge is -2.18. The minimum absolute atomic E-state index is 0.0673. The van der Waals surface area contributed by atoms with Crippen LogP contribution in [0.2, 0.25) is 0 Å². The van der Waals surface area contributed by atoms with Gasteiger partial charge in [0.25, 0.3) is 5.89 Å². The summed E-state index contributed by atoms with van der Waals surface area (Å²) in [6.07, 6.45) is -0.0673. The van der Waals surface area contributed by atoms with Crippen LogP contribution in [0.5, 0.6) is 0 Å². The fraction of sp³-hybridized carbons (Fsp3) is 0.333. The standard InChI is InChI=1S/C12H13N3O2S/c13-9-3-1-2-8(6-9)12-14-11(15-17-12)10-7-18-5-4-16-10/h1-3,6,10H,4-5,7,13H2. The zero-order valence-electron chi connectivity index (χ0n) is 9.70. The number of hydrogen-bond acceptors (Lipinski definition) is 6. The molecule has 1 aliphatic rings. The Morgan fingerprint density at radius 1 is 1.39 bits per heavy atom. The topological polar surface area (TPSA) is 74.2 Å². The molecule has 2 N–H and O–H groups in total. The SMILES string of the molecule is Nc1cccc(-c2nc(C3CSCCO3)no2)c1. The second-order valence-corrected chi connectivity index (χ2v) is 5.17. The van der Waals surface area contributed by atoms with Crippen LogP contribution in [0.3, 0.4) is 0 Å². The Labute approximate surface area is 109 Å². The quantitative estimate of drug-likeness (QED) is 0.837. The molecule has 94 valence electrons. The molecule has 0 amide bonds. The van der Waals surface area contributed by atoms with Gasteiger partial charge in [0.2, 0.25) is 5.82 Å². The predicted octanol–water partition coefficient (Wildman–Crippen LogP) is 2.12. The molecular formula is C12H13N3O2S. The third-order valence-electron chi connectivity index (χ3n) is 2.68. The van der Waals surface area contributed by atoms with Gasteiger partial charge in [-0.05, 0) is 18.2 Å². The summed E-state index contributed by atoms with van der Waals surface area (Å²) in [5, 5.41) is 3.98. The van der Waals surface area contributed by atoms with Gasteiger partial charge < -0.3 is 15.0 Å². The number of nitrogens with two attached hydrogens (primary N) is 1. The van der Waals surface area contributed by atoms with Crippen LogP contribution >= 0.6 is 11.8 Å². The zero-order chi connectivity index (χ0) is 12.4. The van der Waals surface area contributed by atoms with Crippen molar-refractivity contribution in [3.8, 4) is 11.5 Å². The first-order chi connectivity index (χ1) is 8.83. The highest BCUT2D eigenvalue weighted by atomic mass is 32.2. The molecule has 1 aromatic carbocycles. The molecule has 3 rings (SSSR count). The van der Waals surface area contributed by atoms with Crippen molar-refractivity contribution in [2.24, 2.45) is 0 Å². The largest absolute Gasteiger partial charge is 0.399 e. The monoisotopic (exact) mass is 263 g/mol. The number of anilines is 1. The molecular weight excluding hydrogens is 250 g/mol. The van der Waals surface area contributed by atoms with Crippen LogP contribution in [0.25, 0.3) is 11.5 Å². The molecule has 1 atom stereocenters. The highest BCUT2D eigenvalue weighted by Gasteiger charge is 2.22. The lowest BCUT2D eigenvalue weighted by molar-refractivity contribution is 0.0677. The number of rotatable bonds is 2. The van der Waals surface area contributed by atoms with Gasteiger partial charge >= 0.3 is 0 Å². The summed E-state index contributed by atoms with van der Waals surface area (Å²) >= 11 is 1.84. The molecule has 0 aliphatic carbocycles. The first-order valence-corrected chi connectivity index (χ1v) is 6.87. The van der Waals surface area contributed by atoms with Gasteiger partial charge in [0, 0.05) is 22.8 Å². The molecule has 0 radical (unpaired) electrons. The van der Waals surface area contributed by atoms with E-state index in [1.165, 1.54) is 0 Å². The molecule has 0 saturated carbocycles. The van der Waals surface area contributed by atoms with Crippen LogP contribution < -0.4 is 5.73 Å². The van der Waals surface area contributed by atoms with E-state index in [9.17, 15) is 0 Å². The number of hydrogen-bond donors (Lipinski definition) is 1. The van der Waals surface area contributed by atoms with E-state index in [0.717, 1.165) is 23.7 Å². The van der Waals surface area contributed by atoms with Gasteiger partial charge in [-0.2, -0.15) is 16.7 Å². The fourth-order valence-corrected chi connectivity index (χ4v) is 2.63. The van der Waals surface area contributed by atoms with Crippen molar-refractivity contribution in [2.75, 3.05) is 23.8 Å². The van der Waals surface area contributed by atoms with Crippen LogP contribution in [-0.2, 0) is 4.74 Å². The Balaban J connectivity index is 1.84. The maximum absolute atomic E-state index is 5.73. The third-order valence-corrected chi connectivity index (χ3v) is 3.67. The summed E-state index contributed by atoms with van der Waals surface area (Å²) in [5.74, 6) is 2.99. The first-order valence-electron chi connectivity index (χ1n) is 5.72. The smallest absolute Gasteiger partial charge is 0.258 e. The van der Waals surface area contributed by atoms with Crippen LogP contribution in [0.4, 0.5) is 5.69 Å². The van der Waals surface area contributed by atoms with Gasteiger partial charge in [-0.3, -0.25) is 0 Å². The maximum Gasteiger partial charge on any atom is 0.258 e. The molecule has 0 spiro atoms. The van der Waals surface area contributed by atoms with Crippen molar-refractivity contribution in [3.63, 3.8) is 0 Å². The lowest BCUT2D eigenvalue weighted by Crippen LogP contribution is -2.16. The van der Waals surface area contributed by atoms with Gasteiger partial charge in [0.1, 0.15) is 6.10 Å². The average Bonchev–Trinajstić information content (AvgIpc) is 2.89. The molecule has 6 heteroatoms. The summed E-state index contributed by atoms with van der Waals surface area (Å²) in [4.78, 5) is 4.37. The Kier molecular flexibility index (Phi) is 3.21. The third kappa shape index (κ3) is 2.34. The van der Waals surface area contributed by atoms with Crippen molar-refractivity contribution in [1.82, 2.24) is 10.1 Å². The predicted molar refractivity (Wildman–Crippen MR) is 70.2 cm³/mol. The first kappa shape index (κ1) is 11.6. The summed E-state index contributed by atoms with van der Waals surface area (Å²) in [6.45, 7) is 0.734. The molecule has 1 fully saturated rings. The van der Waals surface area contributed by atoms with E-state index in [-0.39, 0.29) is 6.10 Å². The van der Waals surface area contributed by atoms with Crippen molar-refractivity contribution < 1.29 is 9.26 Å². The van der Waals surface area contributed by atoms with E-state index in [1.54, 1.807) is 0 Å². The van der Waals surface area contributed by atoms with Crippen LogP contribution in [0.1, 0.15) is 11.9 Å². The van der Waals surface area contributed by atoms with Crippen LogP contribution in [0.15, 0.2) is 28.8 Å². The zero-order valence-corrected chi connectivity index (χ0v) is 10.5. The molecule has 1 aromatic heterocycles. The highest BCUT2D eigenvalue weighted by Crippen LogP contribution is 2.27. The van der Waals surface area contributed by atoms with Crippen LogP contribution in [0, 0.1) is 0 Å². The number of nitrogen functional groups attached to an aromatic ring is 1. The van der Waals surface area contributed by atoms with Gasteiger partial charge in [-0.25, -0.2) is 0 Å². The Morgan fingerprint density at radius 2 is 2.33 bits per heavy atom. The molecule has 0 bridgehead atoms. The molecule has 1 unspecified atom stereocenters. The Morgan fingerprint density at radius 3 is 3.11 bits per heavy atom. The number of thioether (sulfide) groups is 1. The molecule has 1 saturated heterocycles. The van der Waals surface area contributed by atoms with Gasteiger partial charge in [0.05, 0.1) is 6.61 Å². The molecule has 5 nitrogen and oxygen atoms in total.